The van der Waals surface area contributed by atoms with Crippen molar-refractivity contribution in [3.63, 3.8) is 0 Å². The van der Waals surface area contributed by atoms with Crippen molar-refractivity contribution in [3.05, 3.63) is 35.9 Å². The van der Waals surface area contributed by atoms with E-state index >= 15 is 0 Å². The number of hydrogen-bond acceptors (Lipinski definition) is 4. The van der Waals surface area contributed by atoms with Crippen LogP contribution in [0.25, 0.3) is 0 Å². The first-order chi connectivity index (χ1) is 8.22. The Morgan fingerprint density at radius 2 is 2.00 bits per heavy atom. The van der Waals surface area contributed by atoms with E-state index in [1.807, 2.05) is 18.2 Å². The molecule has 1 rings (SSSR count). The minimum atomic E-state index is -0.353. The van der Waals surface area contributed by atoms with E-state index in [0.29, 0.717) is 6.42 Å². The van der Waals surface area contributed by atoms with Crippen LogP contribution in [0.1, 0.15) is 31.7 Å². The van der Waals surface area contributed by atoms with Gasteiger partial charge < -0.3 is 9.94 Å². The van der Waals surface area contributed by atoms with Gasteiger partial charge in [0.25, 0.3) is 0 Å². The molecule has 0 atom stereocenters. The number of unbranched alkanes of at least 4 members (excludes halogenated alkanes) is 1. The van der Waals surface area contributed by atoms with Gasteiger partial charge in [0.2, 0.25) is 5.90 Å². The second kappa shape index (κ2) is 7.44. The van der Waals surface area contributed by atoms with E-state index in [1.54, 1.807) is 0 Å². The van der Waals surface area contributed by atoms with Crippen LogP contribution in [0.15, 0.2) is 35.5 Å². The third-order valence-corrected chi connectivity index (χ3v) is 2.34. The first kappa shape index (κ1) is 13.2. The number of ether oxygens (including phenoxy) is 1. The minimum Gasteiger partial charge on any atom is -0.409 e. The predicted octanol–water partition coefficient (Wildman–Crippen LogP) is 2.75. The van der Waals surface area contributed by atoms with E-state index in [0.717, 1.165) is 19.3 Å². The average Bonchev–Trinajstić information content (AvgIpc) is 2.36. The van der Waals surface area contributed by atoms with Crippen molar-refractivity contribution in [2.45, 2.75) is 32.6 Å². The normalized spacial score (nSPS) is 11.2. The molecule has 0 fully saturated rings. The molecule has 0 aliphatic carbocycles. The molecule has 0 saturated carbocycles. The zero-order chi connectivity index (χ0) is 12.5. The topological polar surface area (TPSA) is 58.9 Å². The Kier molecular flexibility index (Phi) is 5.79. The maximum Gasteiger partial charge on any atom is 0.312 e. The van der Waals surface area contributed by atoms with Gasteiger partial charge in [-0.1, -0.05) is 35.5 Å². The lowest BCUT2D eigenvalue weighted by atomic mass is 10.1. The van der Waals surface area contributed by atoms with Crippen LogP contribution in [-0.2, 0) is 16.0 Å². The number of oxime groups is 1. The van der Waals surface area contributed by atoms with Gasteiger partial charge in [0.15, 0.2) is 0 Å². The fourth-order valence-electron chi connectivity index (χ4n) is 1.48. The van der Waals surface area contributed by atoms with Crippen LogP contribution in [-0.4, -0.2) is 17.1 Å². The molecular weight excluding hydrogens is 218 g/mol. The van der Waals surface area contributed by atoms with Gasteiger partial charge in [0.05, 0.1) is 0 Å². The van der Waals surface area contributed by atoms with Crippen molar-refractivity contribution in [1.29, 1.82) is 0 Å². The molecule has 1 aromatic carbocycles. The highest BCUT2D eigenvalue weighted by Gasteiger charge is 2.04. The second-order valence-corrected chi connectivity index (χ2v) is 3.79. The molecule has 0 unspecified atom stereocenters. The summed E-state index contributed by atoms with van der Waals surface area (Å²) in [7, 11) is 0. The standard InChI is InChI=1S/C13H17NO3/c1-11(14-16)17-13(15)10-6-5-9-12-7-3-2-4-8-12/h2-4,7-8,16H,5-6,9-10H2,1H3. The Morgan fingerprint density at radius 1 is 1.29 bits per heavy atom. The summed E-state index contributed by atoms with van der Waals surface area (Å²) < 4.78 is 4.71. The molecule has 4 nitrogen and oxygen atoms in total. The lowest BCUT2D eigenvalue weighted by molar-refractivity contribution is -0.135. The van der Waals surface area contributed by atoms with Crippen molar-refractivity contribution < 1.29 is 14.7 Å². The Balaban J connectivity index is 2.14. The zero-order valence-corrected chi connectivity index (χ0v) is 9.93. The van der Waals surface area contributed by atoms with E-state index in [9.17, 15) is 4.79 Å². The summed E-state index contributed by atoms with van der Waals surface area (Å²) in [5, 5.41) is 11.1. The number of hydrogen-bond donors (Lipinski definition) is 1. The Hall–Kier alpha value is -1.84. The Bertz CT molecular complexity index is 374. The molecule has 0 aliphatic heterocycles. The fourth-order valence-corrected chi connectivity index (χ4v) is 1.48. The van der Waals surface area contributed by atoms with Gasteiger partial charge in [-0.05, 0) is 24.8 Å². The number of nitrogens with zero attached hydrogens (tertiary/aromatic N) is 1. The fraction of sp³-hybridized carbons (Fsp3) is 0.385. The van der Waals surface area contributed by atoms with Crippen molar-refractivity contribution in [3.8, 4) is 0 Å². The molecule has 0 aliphatic rings. The highest BCUT2D eigenvalue weighted by Crippen LogP contribution is 2.06. The van der Waals surface area contributed by atoms with Gasteiger partial charge >= 0.3 is 5.97 Å². The van der Waals surface area contributed by atoms with Gasteiger partial charge in [-0.25, -0.2) is 0 Å². The molecule has 17 heavy (non-hydrogen) atoms. The van der Waals surface area contributed by atoms with Crippen molar-refractivity contribution in [1.82, 2.24) is 0 Å². The predicted molar refractivity (Wildman–Crippen MR) is 65.0 cm³/mol. The summed E-state index contributed by atoms with van der Waals surface area (Å²) in [5.41, 5.74) is 1.27. The third-order valence-electron chi connectivity index (χ3n) is 2.34. The molecule has 0 bridgehead atoms. The quantitative estimate of drug-likeness (QED) is 0.213. The summed E-state index contributed by atoms with van der Waals surface area (Å²) in [4.78, 5) is 11.2. The van der Waals surface area contributed by atoms with Gasteiger partial charge in [-0.15, -0.1) is 0 Å². The van der Waals surface area contributed by atoms with Crippen LogP contribution in [0.2, 0.25) is 0 Å². The van der Waals surface area contributed by atoms with Crippen LogP contribution in [0.4, 0.5) is 0 Å². The number of benzene rings is 1. The lowest BCUT2D eigenvalue weighted by Crippen LogP contribution is -2.09. The van der Waals surface area contributed by atoms with Crippen molar-refractivity contribution >= 4 is 11.9 Å². The van der Waals surface area contributed by atoms with Crippen LogP contribution in [0.3, 0.4) is 0 Å². The maximum atomic E-state index is 11.2. The first-order valence-electron chi connectivity index (χ1n) is 5.65. The van der Waals surface area contributed by atoms with E-state index in [4.69, 9.17) is 9.94 Å². The van der Waals surface area contributed by atoms with Gasteiger partial charge in [-0.3, -0.25) is 4.79 Å². The van der Waals surface area contributed by atoms with Crippen molar-refractivity contribution in [2.75, 3.05) is 0 Å². The smallest absolute Gasteiger partial charge is 0.312 e. The Morgan fingerprint density at radius 3 is 2.65 bits per heavy atom. The lowest BCUT2D eigenvalue weighted by Gasteiger charge is -2.02. The van der Waals surface area contributed by atoms with Crippen LogP contribution in [0, 0.1) is 0 Å². The minimum absolute atomic E-state index is 0.0157. The van der Waals surface area contributed by atoms with E-state index in [1.165, 1.54) is 12.5 Å². The van der Waals surface area contributed by atoms with Gasteiger partial charge in [0, 0.05) is 13.3 Å². The number of aryl methyl sites for hydroxylation is 1. The molecule has 0 spiro atoms. The van der Waals surface area contributed by atoms with Gasteiger partial charge in [-0.2, -0.15) is 0 Å². The second-order valence-electron chi connectivity index (χ2n) is 3.79. The van der Waals surface area contributed by atoms with E-state index in [2.05, 4.69) is 17.3 Å². The van der Waals surface area contributed by atoms with Crippen LogP contribution >= 0.6 is 0 Å². The van der Waals surface area contributed by atoms with E-state index in [-0.39, 0.29) is 11.9 Å². The van der Waals surface area contributed by atoms with Crippen molar-refractivity contribution in [2.24, 2.45) is 5.16 Å². The molecule has 4 heteroatoms. The highest BCUT2D eigenvalue weighted by molar-refractivity contribution is 5.86. The molecule has 1 N–H and O–H groups in total. The molecule has 1 aromatic rings. The average molecular weight is 235 g/mol. The molecule has 0 amide bonds. The molecule has 92 valence electrons. The molecule has 0 saturated heterocycles. The zero-order valence-electron chi connectivity index (χ0n) is 9.93. The number of carbonyl (C=O) groups excluding carboxylic acids is 1. The number of esters is 1. The summed E-state index contributed by atoms with van der Waals surface area (Å²) in [6.07, 6.45) is 3.02. The van der Waals surface area contributed by atoms with E-state index < -0.39 is 0 Å². The van der Waals surface area contributed by atoms with Crippen LogP contribution < -0.4 is 0 Å². The molecular formula is C13H17NO3. The number of carbonyl (C=O) groups is 1. The summed E-state index contributed by atoms with van der Waals surface area (Å²) in [6.45, 7) is 1.43. The molecule has 0 radical (unpaired) electrons. The first-order valence-corrected chi connectivity index (χ1v) is 5.65. The van der Waals surface area contributed by atoms with Crippen LogP contribution in [0.5, 0.6) is 0 Å². The highest BCUT2D eigenvalue weighted by atomic mass is 16.6. The summed E-state index contributed by atoms with van der Waals surface area (Å²) in [5.74, 6) is -0.369. The largest absolute Gasteiger partial charge is 0.409 e. The monoisotopic (exact) mass is 235 g/mol. The van der Waals surface area contributed by atoms with Gasteiger partial charge in [0.1, 0.15) is 0 Å². The number of rotatable bonds is 5. The maximum absolute atomic E-state index is 11.2. The Labute approximate surface area is 101 Å². The summed E-state index contributed by atoms with van der Waals surface area (Å²) in [6, 6.07) is 10.1. The molecule has 0 heterocycles. The third kappa shape index (κ3) is 5.70. The molecule has 0 aromatic heterocycles. The SMILES string of the molecule is CC(=NO)OC(=O)CCCCc1ccccc1. The summed E-state index contributed by atoms with van der Waals surface area (Å²) >= 11 is 0.